The van der Waals surface area contributed by atoms with Crippen LogP contribution in [0.4, 0.5) is 10.5 Å². The molecule has 3 rings (SSSR count). The van der Waals surface area contributed by atoms with Crippen molar-refractivity contribution in [3.8, 4) is 0 Å². The van der Waals surface area contributed by atoms with E-state index in [1.807, 2.05) is 34.1 Å². The summed E-state index contributed by atoms with van der Waals surface area (Å²) in [4.78, 5) is 16.8. The van der Waals surface area contributed by atoms with Gasteiger partial charge in [0.25, 0.3) is 0 Å². The maximum absolute atomic E-state index is 12.8. The molecular weight excluding hydrogens is 292 g/mol. The number of rotatable bonds is 6. The molecule has 0 spiro atoms. The van der Waals surface area contributed by atoms with E-state index in [0.29, 0.717) is 0 Å². The monoisotopic (exact) mass is 319 g/mol. The Labute approximate surface area is 134 Å². The average molecular weight is 320 g/mol. The van der Waals surface area contributed by atoms with E-state index in [2.05, 4.69) is 20.8 Å². The molecule has 4 nitrogen and oxygen atoms in total. The van der Waals surface area contributed by atoms with Gasteiger partial charge in [-0.25, -0.2) is 10.9 Å². The Hall–Kier alpha value is -1.20. The molecule has 2 aliphatic heterocycles. The largest absolute Gasteiger partial charge is 0.395 e. The van der Waals surface area contributed by atoms with Crippen LogP contribution in [0.3, 0.4) is 0 Å². The van der Waals surface area contributed by atoms with Gasteiger partial charge in [-0.05, 0) is 31.0 Å². The molecule has 0 saturated carbocycles. The van der Waals surface area contributed by atoms with Crippen LogP contribution in [-0.4, -0.2) is 38.1 Å². The summed E-state index contributed by atoms with van der Waals surface area (Å²) >= 11 is 0. The van der Waals surface area contributed by atoms with Crippen LogP contribution in [0.1, 0.15) is 33.6 Å². The lowest BCUT2D eigenvalue weighted by molar-refractivity contribution is 0.148. The lowest BCUT2D eigenvalue weighted by Gasteiger charge is -2.37. The predicted octanol–water partition coefficient (Wildman–Crippen LogP) is 4.16. The van der Waals surface area contributed by atoms with E-state index in [1.54, 1.807) is 0 Å². The predicted molar refractivity (Wildman–Crippen MR) is 91.7 cm³/mol. The van der Waals surface area contributed by atoms with Crippen molar-refractivity contribution >= 4 is 20.0 Å². The third kappa shape index (κ3) is 2.40. The normalized spacial score (nSPS) is 25.1. The number of anilines is 1. The minimum atomic E-state index is -1.75. The minimum absolute atomic E-state index is 0.0936. The molecule has 2 fully saturated rings. The molecule has 2 heterocycles. The number of amides is 2. The minimum Gasteiger partial charge on any atom is -0.395 e. The Kier molecular flexibility index (Phi) is 4.37. The van der Waals surface area contributed by atoms with Crippen molar-refractivity contribution in [1.82, 2.24) is 4.90 Å². The highest BCUT2D eigenvalue weighted by Gasteiger charge is 2.50. The molecule has 122 valence electrons. The zero-order chi connectivity index (χ0) is 15.7. The van der Waals surface area contributed by atoms with Crippen LogP contribution in [-0.2, 0) is 4.43 Å². The highest BCUT2D eigenvalue weighted by atomic mass is 28.4. The topological polar surface area (TPSA) is 32.8 Å². The maximum atomic E-state index is 12.8. The standard InChI is InChI=1S/C17H27N2O2Si/c1-4-22(5-2,6-3)21-16-15-12-9-13-18(15)17(20)19(16)14-10-7-8-11-14/h7-8,10-11,15-16H,4-6,9,12-13H2,1-3H3/q-1/t15-,16+/m0/s1. The summed E-state index contributed by atoms with van der Waals surface area (Å²) in [5, 5.41) is 0. The number of carbonyl (C=O) groups is 1. The number of urea groups is 1. The molecule has 0 aliphatic carbocycles. The van der Waals surface area contributed by atoms with Gasteiger partial charge in [0.1, 0.15) is 6.23 Å². The van der Waals surface area contributed by atoms with Crippen molar-refractivity contribution in [2.24, 2.45) is 0 Å². The van der Waals surface area contributed by atoms with Crippen molar-refractivity contribution < 1.29 is 9.22 Å². The van der Waals surface area contributed by atoms with Gasteiger partial charge in [-0.15, -0.1) is 6.07 Å². The van der Waals surface area contributed by atoms with E-state index in [1.165, 1.54) is 0 Å². The number of hydrogen-bond donors (Lipinski definition) is 0. The highest BCUT2D eigenvalue weighted by molar-refractivity contribution is 6.73. The SMILES string of the molecule is CC[Si](CC)(CC)O[C@@H]1[C@@H]2CCCN2C(=O)N1c1ccc[cH-]1. The quantitative estimate of drug-likeness (QED) is 0.582. The molecule has 5 heteroatoms. The molecule has 2 aliphatic rings. The van der Waals surface area contributed by atoms with Crippen LogP contribution in [0.5, 0.6) is 0 Å². The van der Waals surface area contributed by atoms with Gasteiger partial charge in [0.2, 0.25) is 0 Å². The Bertz CT molecular complexity index is 504. The molecule has 0 bridgehead atoms. The van der Waals surface area contributed by atoms with E-state index in [-0.39, 0.29) is 18.3 Å². The van der Waals surface area contributed by atoms with Gasteiger partial charge in [-0.1, -0.05) is 26.5 Å². The summed E-state index contributed by atoms with van der Waals surface area (Å²) in [6.45, 7) is 7.61. The average Bonchev–Trinajstić information content (AvgIpc) is 3.25. The molecule has 1 aromatic carbocycles. The first-order valence-corrected chi connectivity index (χ1v) is 11.2. The van der Waals surface area contributed by atoms with Gasteiger partial charge in [-0.2, -0.15) is 12.1 Å². The molecule has 0 unspecified atom stereocenters. The van der Waals surface area contributed by atoms with Gasteiger partial charge in [-0.3, -0.25) is 4.90 Å². The van der Waals surface area contributed by atoms with Gasteiger partial charge in [0, 0.05) is 6.54 Å². The summed E-state index contributed by atoms with van der Waals surface area (Å²) in [6.07, 6.45) is 2.07. The summed E-state index contributed by atoms with van der Waals surface area (Å²) < 4.78 is 6.77. The Balaban J connectivity index is 1.92. The lowest BCUT2D eigenvalue weighted by Crippen LogP contribution is -2.49. The highest BCUT2D eigenvalue weighted by Crippen LogP contribution is 2.38. The fourth-order valence-electron chi connectivity index (χ4n) is 3.91. The molecule has 0 aromatic heterocycles. The van der Waals surface area contributed by atoms with Crippen LogP contribution in [0, 0.1) is 0 Å². The fourth-order valence-corrected chi connectivity index (χ4v) is 6.69. The second-order valence-electron chi connectivity index (χ2n) is 6.45. The third-order valence-corrected chi connectivity index (χ3v) is 10.2. The first kappa shape index (κ1) is 15.7. The lowest BCUT2D eigenvalue weighted by atomic mass is 10.2. The number of carbonyl (C=O) groups excluding carboxylic acids is 1. The second kappa shape index (κ2) is 6.12. The van der Waals surface area contributed by atoms with Gasteiger partial charge < -0.3 is 9.33 Å². The molecule has 1 aromatic rings. The van der Waals surface area contributed by atoms with E-state index in [0.717, 1.165) is 43.2 Å². The van der Waals surface area contributed by atoms with Gasteiger partial charge in [0.05, 0.1) is 6.04 Å². The molecule has 0 N–H and O–H groups in total. The van der Waals surface area contributed by atoms with Crippen LogP contribution >= 0.6 is 0 Å². The summed E-state index contributed by atoms with van der Waals surface area (Å²) in [6, 6.07) is 11.7. The van der Waals surface area contributed by atoms with Gasteiger partial charge >= 0.3 is 6.03 Å². The van der Waals surface area contributed by atoms with E-state index in [9.17, 15) is 4.79 Å². The molecular formula is C17H27N2O2Si-. The Morgan fingerprint density at radius 1 is 1.32 bits per heavy atom. The van der Waals surface area contributed by atoms with E-state index in [4.69, 9.17) is 4.43 Å². The van der Waals surface area contributed by atoms with Gasteiger partial charge in [0.15, 0.2) is 8.32 Å². The Morgan fingerprint density at radius 2 is 2.05 bits per heavy atom. The zero-order valence-electron chi connectivity index (χ0n) is 13.9. The van der Waals surface area contributed by atoms with Crippen LogP contribution in [0.15, 0.2) is 24.3 Å². The fraction of sp³-hybridized carbons (Fsp3) is 0.647. The van der Waals surface area contributed by atoms with E-state index < -0.39 is 8.32 Å². The zero-order valence-corrected chi connectivity index (χ0v) is 14.9. The Morgan fingerprint density at radius 3 is 2.64 bits per heavy atom. The second-order valence-corrected chi connectivity index (χ2v) is 11.2. The van der Waals surface area contributed by atoms with Crippen LogP contribution in [0.25, 0.3) is 0 Å². The number of nitrogens with zero attached hydrogens (tertiary/aromatic N) is 2. The van der Waals surface area contributed by atoms with Crippen molar-refractivity contribution in [2.75, 3.05) is 11.4 Å². The maximum Gasteiger partial charge on any atom is 0.325 e. The van der Waals surface area contributed by atoms with Crippen molar-refractivity contribution in [3.63, 3.8) is 0 Å². The van der Waals surface area contributed by atoms with Crippen molar-refractivity contribution in [3.05, 3.63) is 24.3 Å². The van der Waals surface area contributed by atoms with Crippen LogP contribution in [0.2, 0.25) is 18.1 Å². The first-order valence-electron chi connectivity index (χ1n) is 8.65. The molecule has 0 radical (unpaired) electrons. The number of fused-ring (bicyclic) bond motifs is 1. The molecule has 2 atom stereocenters. The summed E-state index contributed by atoms with van der Waals surface area (Å²) in [5.74, 6) is 0. The van der Waals surface area contributed by atoms with Crippen molar-refractivity contribution in [1.29, 1.82) is 0 Å². The van der Waals surface area contributed by atoms with Crippen LogP contribution < -0.4 is 4.90 Å². The van der Waals surface area contributed by atoms with E-state index >= 15 is 0 Å². The smallest absolute Gasteiger partial charge is 0.325 e. The number of hydrogen-bond acceptors (Lipinski definition) is 2. The summed E-state index contributed by atoms with van der Waals surface area (Å²) in [5.41, 5.74) is 0.982. The molecule has 22 heavy (non-hydrogen) atoms. The summed E-state index contributed by atoms with van der Waals surface area (Å²) in [7, 11) is -1.75. The molecule has 2 amide bonds. The molecule has 2 saturated heterocycles. The first-order chi connectivity index (χ1) is 10.7. The third-order valence-electron chi connectivity index (χ3n) is 5.56. The van der Waals surface area contributed by atoms with Crippen molar-refractivity contribution in [2.45, 2.75) is 64.0 Å².